The molecule has 0 aromatic rings. The Labute approximate surface area is 174 Å². The lowest BCUT2D eigenvalue weighted by Crippen LogP contribution is -2.44. The van der Waals surface area contributed by atoms with Gasteiger partial charge in [0.2, 0.25) is 0 Å². The second-order valence-electron chi connectivity index (χ2n) is 7.33. The van der Waals surface area contributed by atoms with Crippen molar-refractivity contribution in [2.24, 2.45) is 17.6 Å². The van der Waals surface area contributed by atoms with Crippen LogP contribution in [0.25, 0.3) is 0 Å². The molecule has 4 N–H and O–H groups in total. The normalized spacial score (nSPS) is 12.4. The summed E-state index contributed by atoms with van der Waals surface area (Å²) in [5.41, 5.74) is 5.15. The van der Waals surface area contributed by atoms with Gasteiger partial charge in [-0.15, -0.1) is 12.4 Å². The van der Waals surface area contributed by atoms with E-state index in [2.05, 4.69) is 10.1 Å². The van der Waals surface area contributed by atoms with Crippen molar-refractivity contribution in [1.82, 2.24) is 5.32 Å². The van der Waals surface area contributed by atoms with E-state index < -0.39 is 36.4 Å². The second-order valence-corrected chi connectivity index (χ2v) is 7.33. The van der Waals surface area contributed by atoms with E-state index in [0.29, 0.717) is 0 Å². The third-order valence-electron chi connectivity index (χ3n) is 2.91. The number of alkyl carbamates (subject to hydrolysis) is 1. The van der Waals surface area contributed by atoms with Gasteiger partial charge in [0.1, 0.15) is 31.0 Å². The number of halogens is 2. The van der Waals surface area contributed by atoms with Crippen LogP contribution in [0.3, 0.4) is 0 Å². The summed E-state index contributed by atoms with van der Waals surface area (Å²) < 4.78 is 21.0. The molecule has 0 saturated heterocycles. The average molecular weight is 433 g/mol. The predicted octanol–water partition coefficient (Wildman–Crippen LogP) is 3.16. The van der Waals surface area contributed by atoms with Crippen LogP contribution >= 0.6 is 12.4 Å². The lowest BCUT2D eigenvalue weighted by Gasteiger charge is -2.23. The van der Waals surface area contributed by atoms with Crippen molar-refractivity contribution in [3.05, 3.63) is 0 Å². The number of aliphatic carboxylic acids is 1. The number of hydrogen-bond acceptors (Lipinski definition) is 6. The van der Waals surface area contributed by atoms with Crippen molar-refractivity contribution >= 4 is 30.4 Å². The van der Waals surface area contributed by atoms with Crippen molar-refractivity contribution in [3.8, 4) is 0 Å². The molecule has 0 radical (unpaired) electrons. The van der Waals surface area contributed by atoms with Gasteiger partial charge < -0.3 is 25.6 Å². The summed E-state index contributed by atoms with van der Waals surface area (Å²) in [4.78, 5) is 32.7. The Hall–Kier alpha value is -1.61. The predicted molar refractivity (Wildman–Crippen MR) is 109 cm³/mol. The molecule has 0 heterocycles. The average Bonchev–Trinajstić information content (AvgIpc) is 2.47. The summed E-state index contributed by atoms with van der Waals surface area (Å²) in [5, 5.41) is 10.8. The molecule has 0 rings (SSSR count). The van der Waals surface area contributed by atoms with Crippen LogP contribution in [0.4, 0.5) is 9.18 Å². The Morgan fingerprint density at radius 3 is 1.86 bits per heavy atom. The maximum absolute atomic E-state index is 11.6. The van der Waals surface area contributed by atoms with Crippen molar-refractivity contribution in [2.45, 2.75) is 73.6 Å². The van der Waals surface area contributed by atoms with Crippen LogP contribution in [-0.2, 0) is 19.1 Å². The minimum Gasteiger partial charge on any atom is -0.480 e. The zero-order valence-corrected chi connectivity index (χ0v) is 17.9. The van der Waals surface area contributed by atoms with Gasteiger partial charge in [-0.3, -0.25) is 4.79 Å². The summed E-state index contributed by atoms with van der Waals surface area (Å²) in [6.07, 6.45) is -0.913. The smallest absolute Gasteiger partial charge is 0.407 e. The van der Waals surface area contributed by atoms with Gasteiger partial charge in [0.05, 0.1) is 0 Å². The van der Waals surface area contributed by atoms with Crippen LogP contribution in [-0.4, -0.2) is 54.1 Å². The Morgan fingerprint density at radius 2 is 1.57 bits per heavy atom. The quantitative estimate of drug-likeness (QED) is 0.527. The van der Waals surface area contributed by atoms with E-state index in [9.17, 15) is 18.8 Å². The Kier molecular flexibility index (Phi) is 19.8. The standard InChI is InChI=1S/C9H19NO2.C8H14FNO4.CH4.ClH/c1-6(2)7(10)8(11)12-9(3,4)5;1-5(2)6(7(11)12)10-8(13)14-4-3-9;;/h6-7H,10H2,1-5H3;5-6H,3-4H2,1-2H3,(H,10,13)(H,11,12);1H4;1H/t7-;6-;;/m00../s1. The van der Waals surface area contributed by atoms with E-state index in [4.69, 9.17) is 15.6 Å². The lowest BCUT2D eigenvalue weighted by molar-refractivity contribution is -0.157. The molecule has 1 amide bonds. The first-order chi connectivity index (χ1) is 11.7. The van der Waals surface area contributed by atoms with Gasteiger partial charge in [-0.2, -0.15) is 0 Å². The first-order valence-corrected chi connectivity index (χ1v) is 8.43. The molecule has 0 spiro atoms. The highest BCUT2D eigenvalue weighted by molar-refractivity contribution is 5.85. The molecular weight excluding hydrogens is 395 g/mol. The number of rotatable bonds is 7. The van der Waals surface area contributed by atoms with Gasteiger partial charge in [-0.1, -0.05) is 35.1 Å². The molecule has 170 valence electrons. The number of carboxylic acid groups (broad SMARTS) is 1. The van der Waals surface area contributed by atoms with E-state index in [1.54, 1.807) is 13.8 Å². The lowest BCUT2D eigenvalue weighted by atomic mass is 10.1. The van der Waals surface area contributed by atoms with E-state index in [0.717, 1.165) is 0 Å². The summed E-state index contributed by atoms with van der Waals surface area (Å²) >= 11 is 0. The maximum Gasteiger partial charge on any atom is 0.407 e. The molecule has 10 heteroatoms. The molecular formula is C18H38ClFN2O6. The number of esters is 1. The maximum atomic E-state index is 11.6. The van der Waals surface area contributed by atoms with Gasteiger partial charge in [0.25, 0.3) is 0 Å². The molecule has 0 aliphatic rings. The Bertz CT molecular complexity index is 456. The zero-order valence-electron chi connectivity index (χ0n) is 17.1. The number of ether oxygens (including phenoxy) is 2. The molecule has 0 aliphatic carbocycles. The largest absolute Gasteiger partial charge is 0.480 e. The third-order valence-corrected chi connectivity index (χ3v) is 2.91. The van der Waals surface area contributed by atoms with E-state index >= 15 is 0 Å². The van der Waals surface area contributed by atoms with Crippen molar-refractivity contribution in [1.29, 1.82) is 0 Å². The Balaban J connectivity index is -0.000000194. The van der Waals surface area contributed by atoms with E-state index in [1.807, 2.05) is 34.6 Å². The monoisotopic (exact) mass is 432 g/mol. The van der Waals surface area contributed by atoms with Gasteiger partial charge in [0.15, 0.2) is 0 Å². The van der Waals surface area contributed by atoms with E-state index in [1.165, 1.54) is 0 Å². The Morgan fingerprint density at radius 1 is 1.11 bits per heavy atom. The second kappa shape index (κ2) is 16.4. The zero-order chi connectivity index (χ0) is 21.1. The SMILES string of the molecule is C.CC(C)[C@H](N)C(=O)OC(C)(C)C.CC(C)[C@H](NC(=O)OCCF)C(=O)O.Cl. The van der Waals surface area contributed by atoms with Crippen LogP contribution in [0.2, 0.25) is 0 Å². The highest BCUT2D eigenvalue weighted by Gasteiger charge is 2.24. The fourth-order valence-electron chi connectivity index (χ4n) is 1.46. The minimum absolute atomic E-state index is 0. The number of carboxylic acids is 1. The molecule has 0 bridgehead atoms. The molecule has 0 unspecified atom stereocenters. The van der Waals surface area contributed by atoms with Crippen molar-refractivity contribution in [2.75, 3.05) is 13.3 Å². The highest BCUT2D eigenvalue weighted by Crippen LogP contribution is 2.10. The summed E-state index contributed by atoms with van der Waals surface area (Å²) in [6, 6.07) is -1.52. The number of nitrogens with two attached hydrogens (primary N) is 1. The van der Waals surface area contributed by atoms with Crippen LogP contribution in [0.5, 0.6) is 0 Å². The molecule has 0 saturated carbocycles. The number of carbonyl (C=O) groups excluding carboxylic acids is 2. The number of hydrogen-bond donors (Lipinski definition) is 3. The topological polar surface area (TPSA) is 128 Å². The number of amides is 1. The third kappa shape index (κ3) is 17.8. The van der Waals surface area contributed by atoms with Crippen LogP contribution in [0, 0.1) is 11.8 Å². The summed E-state index contributed by atoms with van der Waals surface area (Å²) in [5.74, 6) is -1.60. The molecule has 28 heavy (non-hydrogen) atoms. The first kappa shape index (κ1) is 33.9. The fourth-order valence-corrected chi connectivity index (χ4v) is 1.46. The summed E-state index contributed by atoms with van der Waals surface area (Å²) in [7, 11) is 0. The van der Waals surface area contributed by atoms with Crippen molar-refractivity contribution < 1.29 is 33.4 Å². The fraction of sp³-hybridized carbons (Fsp3) is 0.833. The minimum atomic E-state index is -1.14. The van der Waals surface area contributed by atoms with E-state index in [-0.39, 0.29) is 44.2 Å². The first-order valence-electron chi connectivity index (χ1n) is 8.43. The van der Waals surface area contributed by atoms with Gasteiger partial charge in [0, 0.05) is 0 Å². The van der Waals surface area contributed by atoms with Gasteiger partial charge in [-0.05, 0) is 32.6 Å². The molecule has 8 nitrogen and oxygen atoms in total. The number of carbonyl (C=O) groups is 3. The van der Waals surface area contributed by atoms with Gasteiger partial charge in [-0.25, -0.2) is 14.0 Å². The number of nitrogens with one attached hydrogen (secondary N) is 1. The summed E-state index contributed by atoms with van der Waals surface area (Å²) in [6.45, 7) is 11.4. The van der Waals surface area contributed by atoms with Crippen molar-refractivity contribution in [3.63, 3.8) is 0 Å². The molecule has 0 aromatic heterocycles. The number of alkyl halides is 1. The molecule has 0 aromatic carbocycles. The van der Waals surface area contributed by atoms with Crippen LogP contribution in [0.1, 0.15) is 55.9 Å². The highest BCUT2D eigenvalue weighted by atomic mass is 35.5. The molecule has 2 atom stereocenters. The molecule has 0 fully saturated rings. The van der Waals surface area contributed by atoms with Crippen LogP contribution < -0.4 is 11.1 Å². The molecule has 0 aliphatic heterocycles. The van der Waals surface area contributed by atoms with Crippen LogP contribution in [0.15, 0.2) is 0 Å². The van der Waals surface area contributed by atoms with Gasteiger partial charge >= 0.3 is 18.0 Å².